The van der Waals surface area contributed by atoms with E-state index >= 15 is 0 Å². The van der Waals surface area contributed by atoms with E-state index in [4.69, 9.17) is 4.43 Å². The van der Waals surface area contributed by atoms with Gasteiger partial charge in [-0.1, -0.05) is 27.7 Å². The molecule has 1 aromatic rings. The van der Waals surface area contributed by atoms with Crippen molar-refractivity contribution in [1.29, 1.82) is 0 Å². The van der Waals surface area contributed by atoms with Crippen LogP contribution in [0.4, 0.5) is 0 Å². The van der Waals surface area contributed by atoms with Crippen LogP contribution in [0, 0.1) is 0 Å². The first-order chi connectivity index (χ1) is 12.3. The van der Waals surface area contributed by atoms with Gasteiger partial charge in [-0.25, -0.2) is 0 Å². The maximum atomic E-state index is 12.7. The topological polar surface area (TPSA) is 57.2 Å². The summed E-state index contributed by atoms with van der Waals surface area (Å²) in [6.07, 6.45) is 2.66. The monoisotopic (exact) mass is 430 g/mol. The van der Waals surface area contributed by atoms with E-state index in [2.05, 4.69) is 56.6 Å². The molecule has 2 atom stereocenters. The smallest absolute Gasteiger partial charge is 0.191 e. The fourth-order valence-electron chi connectivity index (χ4n) is 2.07. The molecule has 0 saturated heterocycles. The number of thioether (sulfide) groups is 1. The lowest BCUT2D eigenvalue weighted by molar-refractivity contribution is 0.267. The molecule has 4 nitrogen and oxygen atoms in total. The number of nitrogens with zero attached hydrogens (tertiary/aromatic N) is 1. The molecular weight excluding hydrogens is 392 g/mol. The Morgan fingerprint density at radius 3 is 2.30 bits per heavy atom. The SMILES string of the molecule is CCSc1ccc([C@@H](CCO[Si](C)(C)C(C)(C)C)N[S@+]([O-])C(C)(C)C)nc1. The summed E-state index contributed by atoms with van der Waals surface area (Å²) in [6.45, 7) is 20.0. The maximum absolute atomic E-state index is 12.7. The highest BCUT2D eigenvalue weighted by atomic mass is 32.2. The van der Waals surface area contributed by atoms with Gasteiger partial charge >= 0.3 is 0 Å². The molecule has 1 heterocycles. The first kappa shape index (κ1) is 25.0. The molecular formula is C20H38N2O2S2Si. The largest absolute Gasteiger partial charge is 0.598 e. The summed E-state index contributed by atoms with van der Waals surface area (Å²) in [4.78, 5) is 5.80. The van der Waals surface area contributed by atoms with E-state index in [1.807, 2.05) is 33.0 Å². The van der Waals surface area contributed by atoms with Gasteiger partial charge in [0.15, 0.2) is 8.32 Å². The normalized spacial score (nSPS) is 15.6. The number of hydrogen-bond acceptors (Lipinski definition) is 5. The van der Waals surface area contributed by atoms with Gasteiger partial charge in [0, 0.05) is 29.1 Å². The predicted molar refractivity (Wildman–Crippen MR) is 122 cm³/mol. The van der Waals surface area contributed by atoms with Gasteiger partial charge < -0.3 is 8.98 Å². The quantitative estimate of drug-likeness (QED) is 0.309. The van der Waals surface area contributed by atoms with Crippen molar-refractivity contribution in [3.8, 4) is 0 Å². The van der Waals surface area contributed by atoms with Crippen LogP contribution in [0.5, 0.6) is 0 Å². The van der Waals surface area contributed by atoms with Crippen LogP contribution in [0.15, 0.2) is 23.2 Å². The molecule has 0 aliphatic rings. The first-order valence-electron chi connectivity index (χ1n) is 9.68. The molecule has 0 saturated carbocycles. The summed E-state index contributed by atoms with van der Waals surface area (Å²) >= 11 is 0.618. The predicted octanol–water partition coefficient (Wildman–Crippen LogP) is 5.70. The summed E-state index contributed by atoms with van der Waals surface area (Å²) in [7, 11) is -1.80. The van der Waals surface area contributed by atoms with E-state index in [1.54, 1.807) is 11.8 Å². The average Bonchev–Trinajstić information content (AvgIpc) is 2.52. The number of pyridine rings is 1. The second-order valence-electron chi connectivity index (χ2n) is 9.30. The number of aromatic nitrogens is 1. The molecule has 0 aliphatic heterocycles. The first-order valence-corrected chi connectivity index (χ1v) is 14.7. The molecule has 0 radical (unpaired) electrons. The maximum Gasteiger partial charge on any atom is 0.191 e. The Hall–Kier alpha value is -0.0531. The van der Waals surface area contributed by atoms with Gasteiger partial charge in [0.05, 0.1) is 11.7 Å². The molecule has 1 N–H and O–H groups in total. The summed E-state index contributed by atoms with van der Waals surface area (Å²) in [5.41, 5.74) is 0.923. The highest BCUT2D eigenvalue weighted by Gasteiger charge is 2.37. The minimum atomic E-state index is -1.80. The van der Waals surface area contributed by atoms with Crippen molar-refractivity contribution in [2.45, 2.75) is 88.7 Å². The van der Waals surface area contributed by atoms with Crippen molar-refractivity contribution in [1.82, 2.24) is 9.71 Å². The van der Waals surface area contributed by atoms with E-state index in [0.29, 0.717) is 6.61 Å². The van der Waals surface area contributed by atoms with Crippen LogP contribution >= 0.6 is 11.8 Å². The van der Waals surface area contributed by atoms with Crippen LogP contribution in [-0.2, 0) is 15.8 Å². The second kappa shape index (κ2) is 10.1. The van der Waals surface area contributed by atoms with Crippen LogP contribution < -0.4 is 4.72 Å². The van der Waals surface area contributed by atoms with Gasteiger partial charge in [0.2, 0.25) is 0 Å². The molecule has 156 valence electrons. The molecule has 1 aromatic heterocycles. The fourth-order valence-corrected chi connectivity index (χ4v) is 4.61. The van der Waals surface area contributed by atoms with Crippen LogP contribution in [0.2, 0.25) is 18.1 Å². The van der Waals surface area contributed by atoms with Gasteiger partial charge in [-0.05, 0) is 63.2 Å². The Morgan fingerprint density at radius 2 is 1.85 bits per heavy atom. The standard InChI is InChI=1S/C20H38N2O2S2Si/c1-10-25-16-11-12-17(21-15-16)18(22-26(23)19(2,3)4)13-14-24-27(8,9)20(5,6)7/h11-12,15,18,22H,10,13-14H2,1-9H3/t18-,26-/m1/s1. The van der Waals surface area contributed by atoms with Crippen LogP contribution in [-0.4, -0.2) is 35.0 Å². The minimum Gasteiger partial charge on any atom is -0.598 e. The van der Waals surface area contributed by atoms with E-state index < -0.39 is 19.7 Å². The van der Waals surface area contributed by atoms with Gasteiger partial charge in [-0.3, -0.25) is 4.98 Å². The van der Waals surface area contributed by atoms with Crippen molar-refractivity contribution >= 4 is 31.4 Å². The number of nitrogens with one attached hydrogen (secondary N) is 1. The molecule has 1 rings (SSSR count). The summed E-state index contributed by atoms with van der Waals surface area (Å²) in [6, 6.07) is 4.05. The van der Waals surface area contributed by atoms with Crippen molar-refractivity contribution in [2.24, 2.45) is 0 Å². The zero-order valence-electron chi connectivity index (χ0n) is 18.5. The van der Waals surface area contributed by atoms with Crippen LogP contribution in [0.25, 0.3) is 0 Å². The van der Waals surface area contributed by atoms with E-state index in [-0.39, 0.29) is 15.8 Å². The molecule has 27 heavy (non-hydrogen) atoms. The summed E-state index contributed by atoms with van der Waals surface area (Å²) < 4.78 is 22.0. The van der Waals surface area contributed by atoms with Gasteiger partial charge in [-0.2, -0.15) is 0 Å². The van der Waals surface area contributed by atoms with Crippen molar-refractivity contribution in [3.05, 3.63) is 24.0 Å². The van der Waals surface area contributed by atoms with Crippen LogP contribution in [0.3, 0.4) is 0 Å². The second-order valence-corrected chi connectivity index (χ2v) is 17.4. The molecule has 0 bridgehead atoms. The van der Waals surface area contributed by atoms with E-state index in [0.717, 1.165) is 22.8 Å². The minimum absolute atomic E-state index is 0.0875. The molecule has 0 aliphatic carbocycles. The lowest BCUT2D eigenvalue weighted by atomic mass is 10.1. The Labute approximate surface area is 175 Å². The highest BCUT2D eigenvalue weighted by molar-refractivity contribution is 7.99. The van der Waals surface area contributed by atoms with Crippen molar-refractivity contribution in [2.75, 3.05) is 12.4 Å². The third-order valence-electron chi connectivity index (χ3n) is 4.91. The average molecular weight is 431 g/mol. The van der Waals surface area contributed by atoms with Gasteiger partial charge in [0.1, 0.15) is 4.75 Å². The number of rotatable bonds is 9. The van der Waals surface area contributed by atoms with Crippen LogP contribution in [0.1, 0.15) is 66.6 Å². The Kier molecular flexibility index (Phi) is 9.36. The fraction of sp³-hybridized carbons (Fsp3) is 0.750. The summed E-state index contributed by atoms with van der Waals surface area (Å²) in [5.74, 6) is 1.02. The third-order valence-corrected chi connectivity index (χ3v) is 11.9. The zero-order valence-corrected chi connectivity index (χ0v) is 21.1. The lowest BCUT2D eigenvalue weighted by Gasteiger charge is -2.36. The Morgan fingerprint density at radius 1 is 1.22 bits per heavy atom. The van der Waals surface area contributed by atoms with Crippen molar-refractivity contribution < 1.29 is 8.98 Å². The molecule has 0 fully saturated rings. The molecule has 0 spiro atoms. The van der Waals surface area contributed by atoms with E-state index in [9.17, 15) is 4.55 Å². The zero-order chi connectivity index (χ0) is 20.9. The lowest BCUT2D eigenvalue weighted by Crippen LogP contribution is -2.43. The third kappa shape index (κ3) is 8.07. The highest BCUT2D eigenvalue weighted by Crippen LogP contribution is 2.37. The molecule has 0 amide bonds. The number of hydrogen-bond donors (Lipinski definition) is 1. The molecule has 0 unspecified atom stereocenters. The Bertz CT molecular complexity index is 569. The molecule has 7 heteroatoms. The van der Waals surface area contributed by atoms with Crippen molar-refractivity contribution in [3.63, 3.8) is 0 Å². The van der Waals surface area contributed by atoms with Gasteiger partial charge in [0.25, 0.3) is 0 Å². The summed E-state index contributed by atoms with van der Waals surface area (Å²) in [5, 5.41) is 0.182. The molecule has 0 aromatic carbocycles. The Balaban J connectivity index is 2.88. The van der Waals surface area contributed by atoms with Gasteiger partial charge in [-0.15, -0.1) is 16.5 Å². The van der Waals surface area contributed by atoms with E-state index in [1.165, 1.54) is 0 Å².